The molecule has 0 bridgehead atoms. The molecule has 0 saturated heterocycles. The molecule has 0 aliphatic carbocycles. The third-order valence-electron chi connectivity index (χ3n) is 2.41. The Hall–Kier alpha value is -0.830. The second kappa shape index (κ2) is 4.60. The van der Waals surface area contributed by atoms with E-state index in [4.69, 9.17) is 5.73 Å². The van der Waals surface area contributed by atoms with Crippen LogP contribution in [-0.2, 0) is 10.8 Å². The zero-order chi connectivity index (χ0) is 10.7. The monoisotopic (exact) mass is 211 g/mol. The van der Waals surface area contributed by atoms with Gasteiger partial charge >= 0.3 is 0 Å². The van der Waals surface area contributed by atoms with Gasteiger partial charge in [0.05, 0.1) is 10.8 Å². The van der Waals surface area contributed by atoms with Crippen molar-refractivity contribution in [3.05, 3.63) is 23.8 Å². The highest BCUT2D eigenvalue weighted by Crippen LogP contribution is 2.18. The molecule has 2 N–H and O–H groups in total. The second-order valence-electron chi connectivity index (χ2n) is 3.53. The van der Waals surface area contributed by atoms with Gasteiger partial charge in [0.25, 0.3) is 0 Å². The van der Waals surface area contributed by atoms with Crippen molar-refractivity contribution in [2.45, 2.75) is 37.3 Å². The summed E-state index contributed by atoms with van der Waals surface area (Å²) in [5.41, 5.74) is 7.46. The summed E-state index contributed by atoms with van der Waals surface area (Å²) in [5.74, 6) is 0. The molecule has 0 fully saturated rings. The largest absolute Gasteiger partial charge is 0.399 e. The minimum absolute atomic E-state index is 0.207. The van der Waals surface area contributed by atoms with Crippen molar-refractivity contribution >= 4 is 16.5 Å². The van der Waals surface area contributed by atoms with Crippen LogP contribution in [0.15, 0.2) is 23.1 Å². The summed E-state index contributed by atoms with van der Waals surface area (Å²) in [6.07, 6.45) is 0.927. The Balaban J connectivity index is 2.97. The quantitative estimate of drug-likeness (QED) is 0.780. The first-order chi connectivity index (χ1) is 6.56. The topological polar surface area (TPSA) is 43.1 Å². The molecule has 0 aromatic heterocycles. The van der Waals surface area contributed by atoms with E-state index < -0.39 is 10.8 Å². The van der Waals surface area contributed by atoms with E-state index in [1.54, 1.807) is 0 Å². The number of nitrogen functional groups attached to an aromatic ring is 1. The predicted molar refractivity (Wildman–Crippen MR) is 61.8 cm³/mol. The summed E-state index contributed by atoms with van der Waals surface area (Å²) in [5, 5.41) is 0.207. The minimum atomic E-state index is -0.902. The molecule has 0 spiro atoms. The number of nitrogens with two attached hydrogens (primary N) is 1. The standard InChI is InChI=1S/C11H17NOS/c1-4-9(3)14(13)10-5-6-11(12)8(2)7-10/h5-7,9H,4,12H2,1-3H3. The Morgan fingerprint density at radius 2 is 2.14 bits per heavy atom. The summed E-state index contributed by atoms with van der Waals surface area (Å²) in [7, 11) is -0.902. The molecule has 1 aromatic carbocycles. The summed E-state index contributed by atoms with van der Waals surface area (Å²) >= 11 is 0. The average Bonchev–Trinajstić information content (AvgIpc) is 2.20. The summed E-state index contributed by atoms with van der Waals surface area (Å²) in [4.78, 5) is 0.881. The zero-order valence-corrected chi connectivity index (χ0v) is 9.73. The SMILES string of the molecule is CCC(C)S(=O)c1ccc(N)c(C)c1. The number of hydrogen-bond acceptors (Lipinski definition) is 2. The van der Waals surface area contributed by atoms with Crippen molar-refractivity contribution in [3.63, 3.8) is 0 Å². The Morgan fingerprint density at radius 1 is 1.50 bits per heavy atom. The molecular formula is C11H17NOS. The number of anilines is 1. The second-order valence-corrected chi connectivity index (χ2v) is 5.41. The van der Waals surface area contributed by atoms with Crippen molar-refractivity contribution < 1.29 is 4.21 Å². The van der Waals surface area contributed by atoms with Gasteiger partial charge in [-0.15, -0.1) is 0 Å². The Labute approximate surface area is 88.0 Å². The van der Waals surface area contributed by atoms with Crippen LogP contribution in [0.4, 0.5) is 5.69 Å². The first kappa shape index (κ1) is 11.2. The number of hydrogen-bond donors (Lipinski definition) is 1. The molecule has 1 rings (SSSR count). The predicted octanol–water partition coefficient (Wildman–Crippen LogP) is 2.48. The number of aryl methyl sites for hydroxylation is 1. The highest BCUT2D eigenvalue weighted by molar-refractivity contribution is 7.85. The molecule has 2 unspecified atom stereocenters. The molecule has 1 aromatic rings. The van der Waals surface area contributed by atoms with Gasteiger partial charge in [0.15, 0.2) is 0 Å². The minimum Gasteiger partial charge on any atom is -0.399 e. The van der Waals surface area contributed by atoms with Gasteiger partial charge in [0.1, 0.15) is 0 Å². The lowest BCUT2D eigenvalue weighted by atomic mass is 10.2. The Morgan fingerprint density at radius 3 is 2.64 bits per heavy atom. The van der Waals surface area contributed by atoms with Crippen LogP contribution < -0.4 is 5.73 Å². The van der Waals surface area contributed by atoms with Gasteiger partial charge in [-0.1, -0.05) is 13.8 Å². The van der Waals surface area contributed by atoms with Crippen molar-refractivity contribution in [1.82, 2.24) is 0 Å². The molecule has 0 aliphatic rings. The molecule has 0 heterocycles. The molecule has 0 aliphatic heterocycles. The van der Waals surface area contributed by atoms with Gasteiger partial charge in [0.2, 0.25) is 0 Å². The van der Waals surface area contributed by atoms with Gasteiger partial charge in [-0.25, -0.2) is 0 Å². The van der Waals surface area contributed by atoms with Gasteiger partial charge in [0, 0.05) is 15.8 Å². The molecule has 2 nitrogen and oxygen atoms in total. The fourth-order valence-electron chi connectivity index (χ4n) is 1.16. The van der Waals surface area contributed by atoms with Crippen molar-refractivity contribution in [2.75, 3.05) is 5.73 Å². The first-order valence-electron chi connectivity index (χ1n) is 4.83. The maximum absolute atomic E-state index is 11.9. The summed E-state index contributed by atoms with van der Waals surface area (Å²) in [6.45, 7) is 5.99. The first-order valence-corrected chi connectivity index (χ1v) is 6.04. The normalized spacial score (nSPS) is 15.1. The van der Waals surface area contributed by atoms with Crippen LogP contribution in [0.25, 0.3) is 0 Å². The molecule has 0 saturated carbocycles. The maximum atomic E-state index is 11.9. The fraction of sp³-hybridized carbons (Fsp3) is 0.455. The number of rotatable bonds is 3. The highest BCUT2D eigenvalue weighted by Gasteiger charge is 2.11. The third-order valence-corrected chi connectivity index (χ3v) is 4.20. The fourth-order valence-corrected chi connectivity index (χ4v) is 2.42. The summed E-state index contributed by atoms with van der Waals surface area (Å²) in [6, 6.07) is 5.59. The van der Waals surface area contributed by atoms with E-state index in [9.17, 15) is 4.21 Å². The van der Waals surface area contributed by atoms with E-state index in [1.807, 2.05) is 39.0 Å². The van der Waals surface area contributed by atoms with E-state index in [1.165, 1.54) is 0 Å². The molecule has 0 radical (unpaired) electrons. The smallest absolute Gasteiger partial charge is 0.0558 e. The lowest BCUT2D eigenvalue weighted by molar-refractivity contribution is 0.670. The van der Waals surface area contributed by atoms with Crippen molar-refractivity contribution in [1.29, 1.82) is 0 Å². The number of benzene rings is 1. The maximum Gasteiger partial charge on any atom is 0.0558 e. The lowest BCUT2D eigenvalue weighted by Crippen LogP contribution is -2.09. The van der Waals surface area contributed by atoms with Crippen molar-refractivity contribution in [2.24, 2.45) is 0 Å². The Kier molecular flexibility index (Phi) is 3.69. The van der Waals surface area contributed by atoms with E-state index in [0.29, 0.717) is 0 Å². The molecular weight excluding hydrogens is 194 g/mol. The molecule has 78 valence electrons. The van der Waals surface area contributed by atoms with Crippen LogP contribution in [0.1, 0.15) is 25.8 Å². The molecule has 2 atom stereocenters. The van der Waals surface area contributed by atoms with Crippen LogP contribution in [0.2, 0.25) is 0 Å². The lowest BCUT2D eigenvalue weighted by Gasteiger charge is -2.09. The van der Waals surface area contributed by atoms with Crippen LogP contribution in [0, 0.1) is 6.92 Å². The van der Waals surface area contributed by atoms with Crippen LogP contribution in [-0.4, -0.2) is 9.46 Å². The van der Waals surface area contributed by atoms with E-state index >= 15 is 0 Å². The third kappa shape index (κ3) is 2.35. The molecule has 0 amide bonds. The van der Waals surface area contributed by atoms with E-state index in [-0.39, 0.29) is 5.25 Å². The van der Waals surface area contributed by atoms with Crippen LogP contribution >= 0.6 is 0 Å². The van der Waals surface area contributed by atoms with Gasteiger partial charge in [-0.05, 0) is 37.1 Å². The van der Waals surface area contributed by atoms with E-state index in [0.717, 1.165) is 22.6 Å². The average molecular weight is 211 g/mol. The van der Waals surface area contributed by atoms with Crippen LogP contribution in [0.5, 0.6) is 0 Å². The summed E-state index contributed by atoms with van der Waals surface area (Å²) < 4.78 is 11.9. The van der Waals surface area contributed by atoms with Gasteiger partial charge in [-0.2, -0.15) is 0 Å². The Bertz CT molecular complexity index is 349. The van der Waals surface area contributed by atoms with E-state index in [2.05, 4.69) is 0 Å². The molecule has 14 heavy (non-hydrogen) atoms. The van der Waals surface area contributed by atoms with Gasteiger partial charge < -0.3 is 5.73 Å². The highest BCUT2D eigenvalue weighted by atomic mass is 32.2. The van der Waals surface area contributed by atoms with Crippen molar-refractivity contribution in [3.8, 4) is 0 Å². The zero-order valence-electron chi connectivity index (χ0n) is 8.91. The van der Waals surface area contributed by atoms with Gasteiger partial charge in [-0.3, -0.25) is 4.21 Å². The molecule has 3 heteroatoms. The van der Waals surface area contributed by atoms with Crippen LogP contribution in [0.3, 0.4) is 0 Å².